The second kappa shape index (κ2) is 3.08. The van der Waals surface area contributed by atoms with E-state index in [2.05, 4.69) is 10.3 Å². The van der Waals surface area contributed by atoms with E-state index in [-0.39, 0.29) is 0 Å². The van der Waals surface area contributed by atoms with Crippen molar-refractivity contribution in [2.75, 3.05) is 0 Å². The molecule has 0 unspecified atom stereocenters. The van der Waals surface area contributed by atoms with Crippen LogP contribution in [0.3, 0.4) is 0 Å². The van der Waals surface area contributed by atoms with Gasteiger partial charge in [0.15, 0.2) is 0 Å². The van der Waals surface area contributed by atoms with Gasteiger partial charge in [0.2, 0.25) is 0 Å². The fourth-order valence-corrected chi connectivity index (χ4v) is 0. The number of hydrogen-bond donors (Lipinski definition) is 0. The van der Waals surface area contributed by atoms with E-state index in [1.54, 1.807) is 16.9 Å². The molecular formula is C2H3GeO. The van der Waals surface area contributed by atoms with Gasteiger partial charge < -0.3 is 0 Å². The van der Waals surface area contributed by atoms with Gasteiger partial charge in [-0.1, -0.05) is 0 Å². The Bertz CT molecular complexity index is 20.0. The maximum atomic E-state index is 4.31. The van der Waals surface area contributed by atoms with Crippen LogP contribution < -0.4 is 0 Å². The van der Waals surface area contributed by atoms with Crippen molar-refractivity contribution in [1.82, 2.24) is 0 Å². The molecule has 0 fully saturated rings. The van der Waals surface area contributed by atoms with Gasteiger partial charge >= 0.3 is 33.5 Å². The van der Waals surface area contributed by atoms with E-state index in [0.29, 0.717) is 0 Å². The van der Waals surface area contributed by atoms with E-state index in [4.69, 9.17) is 0 Å². The molecule has 0 aromatic heterocycles. The molecule has 0 saturated heterocycles. The van der Waals surface area contributed by atoms with Gasteiger partial charge in [0, 0.05) is 0 Å². The zero-order valence-electron chi connectivity index (χ0n) is 2.19. The molecule has 0 rings (SSSR count). The van der Waals surface area contributed by atoms with Crippen LogP contribution in [-0.4, -0.2) is 16.9 Å². The fraction of sp³-hybridized carbons (Fsp3) is 0. The first kappa shape index (κ1) is 4.08. The number of rotatable bonds is 1. The first-order valence-electron chi connectivity index (χ1n) is 0.848. The van der Waals surface area contributed by atoms with Gasteiger partial charge in [0.1, 0.15) is 0 Å². The van der Waals surface area contributed by atoms with Gasteiger partial charge in [-0.3, -0.25) is 0 Å². The zero-order valence-corrected chi connectivity index (χ0v) is 4.29. The molecule has 0 heterocycles. The third kappa shape index (κ3) is 2.08. The summed E-state index contributed by atoms with van der Waals surface area (Å²) < 4.78 is 4.31. The molecule has 0 atom stereocenters. The average molecular weight is 116 g/mol. The van der Waals surface area contributed by atoms with Gasteiger partial charge in [0.25, 0.3) is 0 Å². The van der Waals surface area contributed by atoms with Crippen molar-refractivity contribution in [3.8, 4) is 0 Å². The Hall–Kier alpha value is 0.0829. The van der Waals surface area contributed by atoms with Gasteiger partial charge in [0.05, 0.1) is 0 Å². The zero-order chi connectivity index (χ0) is 3.41. The molecule has 0 aromatic rings. The topological polar surface area (TPSA) is 9.23 Å². The maximum absolute atomic E-state index is 4.31. The van der Waals surface area contributed by atoms with Crippen molar-refractivity contribution in [2.24, 2.45) is 0 Å². The van der Waals surface area contributed by atoms with Crippen LogP contribution in [-0.2, 0) is 3.76 Å². The molecule has 0 N–H and O–H groups in total. The molecule has 4 heavy (non-hydrogen) atoms. The van der Waals surface area contributed by atoms with E-state index in [1.165, 1.54) is 6.26 Å². The molecule has 0 aliphatic rings. The van der Waals surface area contributed by atoms with Crippen LogP contribution in [0.5, 0.6) is 0 Å². The number of hydrogen-bond acceptors (Lipinski definition) is 1. The first-order valence-corrected chi connectivity index (χ1v) is 1.70. The molecular weight excluding hydrogens is 113 g/mol. The minimum atomic E-state index is 1.38. The molecule has 0 amide bonds. The summed E-state index contributed by atoms with van der Waals surface area (Å²) in [6, 6.07) is 0. The molecule has 0 aliphatic carbocycles. The van der Waals surface area contributed by atoms with Crippen LogP contribution in [0.1, 0.15) is 0 Å². The van der Waals surface area contributed by atoms with Crippen LogP contribution >= 0.6 is 0 Å². The van der Waals surface area contributed by atoms with Crippen molar-refractivity contribution in [2.45, 2.75) is 0 Å². The third-order valence-electron chi connectivity index (χ3n) is 0.0833. The average Bonchev–Trinajstić information content (AvgIpc) is 1.37. The van der Waals surface area contributed by atoms with E-state index < -0.39 is 0 Å². The molecule has 0 aromatic carbocycles. The van der Waals surface area contributed by atoms with E-state index in [0.717, 1.165) is 0 Å². The van der Waals surface area contributed by atoms with Crippen molar-refractivity contribution in [3.63, 3.8) is 0 Å². The predicted molar refractivity (Wildman–Crippen MR) is 17.0 cm³/mol. The molecule has 2 heteroatoms. The summed E-state index contributed by atoms with van der Waals surface area (Å²) in [6.07, 6.45) is 1.38. The molecule has 21 valence electrons. The van der Waals surface area contributed by atoms with E-state index >= 15 is 0 Å². The Morgan fingerprint density at radius 1 is 2.00 bits per heavy atom. The Kier molecular flexibility index (Phi) is 3.15. The quantitative estimate of drug-likeness (QED) is 0.351. The van der Waals surface area contributed by atoms with Crippen LogP contribution in [0, 0.1) is 0 Å². The van der Waals surface area contributed by atoms with Crippen molar-refractivity contribution in [3.05, 3.63) is 12.8 Å². The van der Waals surface area contributed by atoms with Crippen LogP contribution in [0.2, 0.25) is 0 Å². The van der Waals surface area contributed by atoms with Crippen LogP contribution in [0.4, 0.5) is 0 Å². The monoisotopic (exact) mass is 117 g/mol. The van der Waals surface area contributed by atoms with Crippen molar-refractivity contribution < 1.29 is 3.76 Å². The SMILES string of the molecule is C=C[O][Ge]. The van der Waals surface area contributed by atoms with Gasteiger partial charge in [-0.25, -0.2) is 0 Å². The molecule has 1 nitrogen and oxygen atoms in total. The van der Waals surface area contributed by atoms with Crippen LogP contribution in [0.15, 0.2) is 12.8 Å². The Morgan fingerprint density at radius 2 is 2.25 bits per heavy atom. The van der Waals surface area contributed by atoms with Gasteiger partial charge in [-0.2, -0.15) is 0 Å². The summed E-state index contributed by atoms with van der Waals surface area (Å²) in [5, 5.41) is 0. The summed E-state index contributed by atoms with van der Waals surface area (Å²) in [7, 11) is 0. The molecule has 0 aliphatic heterocycles. The van der Waals surface area contributed by atoms with E-state index in [1.807, 2.05) is 0 Å². The molecule has 3 radical (unpaired) electrons. The summed E-state index contributed by atoms with van der Waals surface area (Å²) in [4.78, 5) is 0. The summed E-state index contributed by atoms with van der Waals surface area (Å²) >= 11 is 1.56. The molecule has 0 bridgehead atoms. The second-order valence-corrected chi connectivity index (χ2v) is 0.779. The summed E-state index contributed by atoms with van der Waals surface area (Å²) in [5.41, 5.74) is 0. The van der Waals surface area contributed by atoms with Gasteiger partial charge in [-0.15, -0.1) is 0 Å². The fourth-order valence-electron chi connectivity index (χ4n) is 0. The molecule has 0 spiro atoms. The second-order valence-electron chi connectivity index (χ2n) is 0.285. The molecule has 0 saturated carbocycles. The van der Waals surface area contributed by atoms with E-state index in [9.17, 15) is 0 Å². The Balaban J connectivity index is 2.30. The summed E-state index contributed by atoms with van der Waals surface area (Å²) in [6.45, 7) is 3.26. The third-order valence-corrected chi connectivity index (χ3v) is 0.433. The van der Waals surface area contributed by atoms with Crippen LogP contribution in [0.25, 0.3) is 0 Å². The minimum absolute atomic E-state index is 1.38. The van der Waals surface area contributed by atoms with Gasteiger partial charge in [-0.05, 0) is 0 Å². The Labute approximate surface area is 34.2 Å². The van der Waals surface area contributed by atoms with Crippen molar-refractivity contribution >= 4 is 16.9 Å². The predicted octanol–water partition coefficient (Wildman–Crippen LogP) is 0.230. The summed E-state index contributed by atoms with van der Waals surface area (Å²) in [5.74, 6) is 0. The standard InChI is InChI=1S/C2H3GeO/c1-2-4-3/h2H,1H2. The van der Waals surface area contributed by atoms with Crippen molar-refractivity contribution in [1.29, 1.82) is 0 Å². The Morgan fingerprint density at radius 3 is 2.25 bits per heavy atom. The first-order chi connectivity index (χ1) is 1.91. The normalized spacial score (nSPS) is 5.25.